The maximum Gasteiger partial charge on any atom is 0.322 e. The highest BCUT2D eigenvalue weighted by Crippen LogP contribution is 2.40. The molecule has 2 N–H and O–H groups in total. The predicted octanol–water partition coefficient (Wildman–Crippen LogP) is 4.26. The number of nitrogen functional groups attached to an aromatic ring is 1. The van der Waals surface area contributed by atoms with Gasteiger partial charge in [0.2, 0.25) is 5.71 Å². The second-order valence-electron chi connectivity index (χ2n) is 5.42. The molecule has 0 atom stereocenters. The molecule has 0 amide bonds. The molecule has 4 rings (SSSR count). The van der Waals surface area contributed by atoms with Crippen LogP contribution in [0.3, 0.4) is 0 Å². The molecule has 4 aromatic rings. The number of nitrogens with zero attached hydrogens (tertiary/aromatic N) is 4. The van der Waals surface area contributed by atoms with Crippen molar-refractivity contribution in [2.24, 2.45) is 0 Å². The van der Waals surface area contributed by atoms with Crippen LogP contribution in [0.15, 0.2) is 45.9 Å². The molecular formula is C17H11BrFN5O2. The minimum absolute atomic E-state index is 0.00694. The van der Waals surface area contributed by atoms with Gasteiger partial charge in [-0.25, -0.2) is 24.3 Å². The van der Waals surface area contributed by atoms with Crippen molar-refractivity contribution in [1.82, 2.24) is 19.9 Å². The Morgan fingerprint density at radius 1 is 1.19 bits per heavy atom. The highest BCUT2D eigenvalue weighted by atomic mass is 79.9. The van der Waals surface area contributed by atoms with E-state index in [9.17, 15) is 4.39 Å². The monoisotopic (exact) mass is 415 g/mol. The molecule has 0 bridgehead atoms. The first-order valence-corrected chi connectivity index (χ1v) is 8.28. The van der Waals surface area contributed by atoms with E-state index in [0.717, 1.165) is 5.69 Å². The molecular weight excluding hydrogens is 405 g/mol. The average Bonchev–Trinajstić information content (AvgIpc) is 2.94. The number of hydrogen-bond donors (Lipinski definition) is 1. The lowest BCUT2D eigenvalue weighted by Gasteiger charge is -2.07. The minimum Gasteiger partial charge on any atom is -0.430 e. The van der Waals surface area contributed by atoms with Crippen molar-refractivity contribution in [2.75, 3.05) is 5.73 Å². The molecule has 0 fully saturated rings. The number of aromatic nitrogens is 4. The quantitative estimate of drug-likeness (QED) is 0.533. The lowest BCUT2D eigenvalue weighted by molar-refractivity contribution is 0.410. The number of aryl methyl sites for hydroxylation is 1. The fourth-order valence-electron chi connectivity index (χ4n) is 2.50. The molecule has 3 aromatic heterocycles. The zero-order valence-corrected chi connectivity index (χ0v) is 15.0. The number of ether oxygens (including phenoxy) is 1. The third kappa shape index (κ3) is 2.86. The molecule has 0 aliphatic rings. The molecule has 1 aromatic carbocycles. The fraction of sp³-hybridized carbons (Fsp3) is 0.0588. The van der Waals surface area contributed by atoms with Gasteiger partial charge in [0.25, 0.3) is 0 Å². The van der Waals surface area contributed by atoms with E-state index in [0.29, 0.717) is 26.9 Å². The van der Waals surface area contributed by atoms with Crippen LogP contribution in [-0.4, -0.2) is 19.9 Å². The highest BCUT2D eigenvalue weighted by Gasteiger charge is 2.20. The van der Waals surface area contributed by atoms with Gasteiger partial charge in [0, 0.05) is 17.5 Å². The van der Waals surface area contributed by atoms with Gasteiger partial charge >= 0.3 is 6.01 Å². The van der Waals surface area contributed by atoms with E-state index in [1.54, 1.807) is 25.3 Å². The molecule has 26 heavy (non-hydrogen) atoms. The van der Waals surface area contributed by atoms with Crippen LogP contribution >= 0.6 is 15.9 Å². The van der Waals surface area contributed by atoms with Crippen LogP contribution in [0.2, 0.25) is 0 Å². The summed E-state index contributed by atoms with van der Waals surface area (Å²) in [5.74, 6) is -0.329. The van der Waals surface area contributed by atoms with Crippen molar-refractivity contribution >= 4 is 32.8 Å². The lowest BCUT2D eigenvalue weighted by Crippen LogP contribution is -1.95. The van der Waals surface area contributed by atoms with E-state index in [1.807, 2.05) is 0 Å². The zero-order valence-electron chi connectivity index (χ0n) is 13.4. The zero-order chi connectivity index (χ0) is 18.3. The Morgan fingerprint density at radius 3 is 2.81 bits per heavy atom. The first-order valence-electron chi connectivity index (χ1n) is 7.49. The molecule has 0 saturated heterocycles. The summed E-state index contributed by atoms with van der Waals surface area (Å²) >= 11 is 3.32. The molecule has 0 aliphatic carbocycles. The molecule has 0 unspecified atom stereocenters. The van der Waals surface area contributed by atoms with Gasteiger partial charge in [-0.15, -0.1) is 0 Å². The van der Waals surface area contributed by atoms with Crippen LogP contribution in [-0.2, 0) is 0 Å². The topological polar surface area (TPSA) is 100.0 Å². The average molecular weight is 416 g/mol. The number of furan rings is 1. The van der Waals surface area contributed by atoms with Gasteiger partial charge in [-0.2, -0.15) is 0 Å². The van der Waals surface area contributed by atoms with Gasteiger partial charge < -0.3 is 14.9 Å². The van der Waals surface area contributed by atoms with Gasteiger partial charge in [-0.3, -0.25) is 0 Å². The predicted molar refractivity (Wildman–Crippen MR) is 96.2 cm³/mol. The van der Waals surface area contributed by atoms with Crippen molar-refractivity contribution in [2.45, 2.75) is 6.92 Å². The summed E-state index contributed by atoms with van der Waals surface area (Å²) in [5.41, 5.74) is 8.06. The van der Waals surface area contributed by atoms with E-state index < -0.39 is 5.82 Å². The Kier molecular flexibility index (Phi) is 4.00. The summed E-state index contributed by atoms with van der Waals surface area (Å²) in [5, 5.41) is 0.509. The SMILES string of the molecule is Cc1ccnc(Oc2ccc(-c3c(Br)oc4ncnc(N)c34)cc2F)n1. The Balaban J connectivity index is 1.76. The Labute approximate surface area is 155 Å². The molecule has 0 saturated carbocycles. The van der Waals surface area contributed by atoms with E-state index in [-0.39, 0.29) is 17.6 Å². The van der Waals surface area contributed by atoms with Gasteiger partial charge in [0.1, 0.15) is 12.1 Å². The fourth-order valence-corrected chi connectivity index (χ4v) is 3.08. The number of rotatable bonds is 3. The summed E-state index contributed by atoms with van der Waals surface area (Å²) in [6.45, 7) is 1.79. The van der Waals surface area contributed by atoms with Crippen molar-refractivity contribution in [3.05, 3.63) is 53.0 Å². The highest BCUT2D eigenvalue weighted by molar-refractivity contribution is 9.10. The standard InChI is InChI=1S/C17H11BrFN5O2/c1-8-4-5-21-17(24-8)25-11-3-2-9(6-10(11)19)12-13-15(20)22-7-23-16(13)26-14(12)18/h2-7H,1H3,(H2,20,22,23). The van der Waals surface area contributed by atoms with Crippen LogP contribution in [0.1, 0.15) is 5.69 Å². The maximum atomic E-state index is 14.6. The first-order chi connectivity index (χ1) is 12.5. The van der Waals surface area contributed by atoms with Crippen LogP contribution in [0.25, 0.3) is 22.2 Å². The number of halogens is 2. The van der Waals surface area contributed by atoms with E-state index >= 15 is 0 Å². The van der Waals surface area contributed by atoms with Crippen molar-refractivity contribution in [1.29, 1.82) is 0 Å². The van der Waals surface area contributed by atoms with Gasteiger partial charge in [-0.1, -0.05) is 6.07 Å². The number of benzene rings is 1. The molecule has 9 heteroatoms. The van der Waals surface area contributed by atoms with Crippen LogP contribution < -0.4 is 10.5 Å². The second-order valence-corrected chi connectivity index (χ2v) is 6.14. The summed E-state index contributed by atoms with van der Waals surface area (Å²) in [7, 11) is 0. The molecule has 7 nitrogen and oxygen atoms in total. The Hall–Kier alpha value is -3.07. The van der Waals surface area contributed by atoms with Gasteiger partial charge in [0.15, 0.2) is 16.2 Å². The van der Waals surface area contributed by atoms with Crippen LogP contribution in [0, 0.1) is 12.7 Å². The first kappa shape index (κ1) is 16.4. The van der Waals surface area contributed by atoms with E-state index in [2.05, 4.69) is 35.9 Å². The van der Waals surface area contributed by atoms with Crippen molar-refractivity contribution in [3.8, 4) is 22.9 Å². The molecule has 0 spiro atoms. The smallest absolute Gasteiger partial charge is 0.322 e. The number of fused-ring (bicyclic) bond motifs is 1. The Morgan fingerprint density at radius 2 is 2.04 bits per heavy atom. The number of nitrogens with two attached hydrogens (primary N) is 1. The van der Waals surface area contributed by atoms with E-state index in [4.69, 9.17) is 14.9 Å². The normalized spacial score (nSPS) is 11.0. The second kappa shape index (κ2) is 6.34. The largest absolute Gasteiger partial charge is 0.430 e. The third-order valence-electron chi connectivity index (χ3n) is 3.67. The van der Waals surface area contributed by atoms with Crippen molar-refractivity contribution < 1.29 is 13.5 Å². The summed E-state index contributed by atoms with van der Waals surface area (Å²) in [6.07, 6.45) is 2.85. The summed E-state index contributed by atoms with van der Waals surface area (Å²) in [4.78, 5) is 16.0. The third-order valence-corrected chi connectivity index (χ3v) is 4.23. The van der Waals surface area contributed by atoms with Gasteiger partial charge in [0.05, 0.1) is 5.39 Å². The molecule has 130 valence electrons. The number of hydrogen-bond acceptors (Lipinski definition) is 7. The number of anilines is 1. The maximum absolute atomic E-state index is 14.6. The Bertz CT molecular complexity index is 1130. The molecule has 0 aliphatic heterocycles. The van der Waals surface area contributed by atoms with E-state index in [1.165, 1.54) is 18.5 Å². The minimum atomic E-state index is -0.579. The summed E-state index contributed by atoms with van der Waals surface area (Å²) < 4.78 is 25.9. The van der Waals surface area contributed by atoms with Crippen molar-refractivity contribution in [3.63, 3.8) is 0 Å². The molecule has 0 radical (unpaired) electrons. The molecule has 3 heterocycles. The van der Waals surface area contributed by atoms with Gasteiger partial charge in [-0.05, 0) is 46.6 Å². The van der Waals surface area contributed by atoms with Crippen LogP contribution in [0.4, 0.5) is 10.2 Å². The lowest BCUT2D eigenvalue weighted by atomic mass is 10.1. The van der Waals surface area contributed by atoms with Crippen LogP contribution in [0.5, 0.6) is 11.8 Å². The summed E-state index contributed by atoms with van der Waals surface area (Å²) in [6, 6.07) is 6.27.